The highest BCUT2D eigenvalue weighted by Gasteiger charge is 2.12. The van der Waals surface area contributed by atoms with Crippen LogP contribution in [0.15, 0.2) is 40.9 Å². The van der Waals surface area contributed by atoms with Crippen molar-refractivity contribution in [3.8, 4) is 5.75 Å². The summed E-state index contributed by atoms with van der Waals surface area (Å²) in [5.41, 5.74) is 2.09. The molecule has 27 heavy (non-hydrogen) atoms. The van der Waals surface area contributed by atoms with Crippen LogP contribution in [0.3, 0.4) is 0 Å². The van der Waals surface area contributed by atoms with Gasteiger partial charge >= 0.3 is 0 Å². The lowest BCUT2D eigenvalue weighted by Crippen LogP contribution is -2.34. The fourth-order valence-electron chi connectivity index (χ4n) is 2.24. The second-order valence-corrected chi connectivity index (χ2v) is 8.17. The second-order valence-electron chi connectivity index (χ2n) is 6.50. The van der Waals surface area contributed by atoms with Gasteiger partial charge in [-0.2, -0.15) is 0 Å². The Kier molecular flexibility index (Phi) is 8.07. The Morgan fingerprint density at radius 1 is 1.30 bits per heavy atom. The molecule has 0 heterocycles. The maximum Gasteiger partial charge on any atom is 0.257 e. The SMILES string of the molecule is Cc1c(Cl)cccc1NC(=S)NC(=O)c1ccc(OCCC(C)C)c(Br)c1. The lowest BCUT2D eigenvalue weighted by Gasteiger charge is -2.13. The summed E-state index contributed by atoms with van der Waals surface area (Å²) in [7, 11) is 0. The van der Waals surface area contributed by atoms with Gasteiger partial charge in [-0.05, 0) is 83.3 Å². The predicted molar refractivity (Wildman–Crippen MR) is 119 cm³/mol. The Morgan fingerprint density at radius 2 is 2.04 bits per heavy atom. The lowest BCUT2D eigenvalue weighted by molar-refractivity contribution is 0.0977. The van der Waals surface area contributed by atoms with Gasteiger partial charge in [0.15, 0.2) is 5.11 Å². The van der Waals surface area contributed by atoms with Gasteiger partial charge in [0, 0.05) is 16.3 Å². The summed E-state index contributed by atoms with van der Waals surface area (Å²) in [5.74, 6) is 0.981. The van der Waals surface area contributed by atoms with E-state index in [2.05, 4.69) is 40.4 Å². The predicted octanol–water partition coefficient (Wildman–Crippen LogP) is 5.96. The molecule has 0 aliphatic heterocycles. The summed E-state index contributed by atoms with van der Waals surface area (Å²) >= 11 is 14.8. The van der Waals surface area contributed by atoms with E-state index in [0.717, 1.165) is 22.1 Å². The first-order valence-corrected chi connectivity index (χ1v) is 10.2. The normalized spacial score (nSPS) is 10.6. The molecule has 4 nitrogen and oxygen atoms in total. The van der Waals surface area contributed by atoms with Gasteiger partial charge in [-0.3, -0.25) is 10.1 Å². The van der Waals surface area contributed by atoms with E-state index < -0.39 is 0 Å². The van der Waals surface area contributed by atoms with E-state index >= 15 is 0 Å². The third kappa shape index (κ3) is 6.48. The van der Waals surface area contributed by atoms with Crippen molar-refractivity contribution < 1.29 is 9.53 Å². The summed E-state index contributed by atoms with van der Waals surface area (Å²) in [5, 5.41) is 6.51. The number of ether oxygens (including phenoxy) is 1. The summed E-state index contributed by atoms with van der Waals surface area (Å²) < 4.78 is 6.46. The van der Waals surface area contributed by atoms with Crippen LogP contribution in [0, 0.1) is 12.8 Å². The zero-order valence-corrected chi connectivity index (χ0v) is 18.6. The van der Waals surface area contributed by atoms with Crippen molar-refractivity contribution in [3.05, 3.63) is 57.0 Å². The molecule has 0 fully saturated rings. The molecule has 0 radical (unpaired) electrons. The molecule has 0 spiro atoms. The van der Waals surface area contributed by atoms with E-state index in [9.17, 15) is 4.79 Å². The highest BCUT2D eigenvalue weighted by molar-refractivity contribution is 9.10. The quantitative estimate of drug-likeness (QED) is 0.512. The Bertz CT molecular complexity index is 843. The van der Waals surface area contributed by atoms with Crippen molar-refractivity contribution in [3.63, 3.8) is 0 Å². The lowest BCUT2D eigenvalue weighted by atomic mass is 10.1. The molecule has 0 unspecified atom stereocenters. The first kappa shape index (κ1) is 21.7. The number of nitrogens with one attached hydrogen (secondary N) is 2. The van der Waals surface area contributed by atoms with Gasteiger partial charge in [-0.15, -0.1) is 0 Å². The van der Waals surface area contributed by atoms with Gasteiger partial charge in [0.1, 0.15) is 5.75 Å². The van der Waals surface area contributed by atoms with Crippen molar-refractivity contribution in [2.75, 3.05) is 11.9 Å². The molecule has 1 amide bonds. The van der Waals surface area contributed by atoms with E-state index in [4.69, 9.17) is 28.6 Å². The number of carbonyl (C=O) groups excluding carboxylic acids is 1. The van der Waals surface area contributed by atoms with E-state index in [-0.39, 0.29) is 11.0 Å². The molecule has 0 saturated carbocycles. The van der Waals surface area contributed by atoms with Crippen LogP contribution < -0.4 is 15.4 Å². The summed E-state index contributed by atoms with van der Waals surface area (Å²) in [6.45, 7) is 6.81. The molecule has 0 bridgehead atoms. The van der Waals surface area contributed by atoms with Crippen molar-refractivity contribution >= 4 is 56.5 Å². The summed E-state index contributed by atoms with van der Waals surface area (Å²) in [6, 6.07) is 10.7. The molecular formula is C20H22BrClN2O2S. The Hall–Kier alpha value is -1.63. The minimum Gasteiger partial charge on any atom is -0.492 e. The highest BCUT2D eigenvalue weighted by atomic mass is 79.9. The number of anilines is 1. The first-order chi connectivity index (χ1) is 12.8. The van der Waals surface area contributed by atoms with E-state index in [1.807, 2.05) is 19.1 Å². The molecule has 0 saturated heterocycles. The zero-order chi connectivity index (χ0) is 20.0. The molecule has 0 aromatic heterocycles. The number of hydrogen-bond donors (Lipinski definition) is 2. The Balaban J connectivity index is 1.97. The van der Waals surface area contributed by atoms with Crippen molar-refractivity contribution in [1.82, 2.24) is 5.32 Å². The van der Waals surface area contributed by atoms with Gasteiger partial charge in [0.05, 0.1) is 11.1 Å². The minimum atomic E-state index is -0.304. The van der Waals surface area contributed by atoms with Crippen LogP contribution in [0.2, 0.25) is 5.02 Å². The molecule has 0 aliphatic rings. The van der Waals surface area contributed by atoms with Gasteiger partial charge in [0.25, 0.3) is 5.91 Å². The summed E-state index contributed by atoms with van der Waals surface area (Å²) in [6.07, 6.45) is 0.970. The average molecular weight is 470 g/mol. The molecule has 2 rings (SSSR count). The highest BCUT2D eigenvalue weighted by Crippen LogP contribution is 2.26. The van der Waals surface area contributed by atoms with Crippen LogP contribution in [0.25, 0.3) is 0 Å². The molecule has 2 aromatic carbocycles. The smallest absolute Gasteiger partial charge is 0.257 e. The Morgan fingerprint density at radius 3 is 2.70 bits per heavy atom. The third-order valence-electron chi connectivity index (χ3n) is 3.89. The van der Waals surface area contributed by atoms with Gasteiger partial charge in [-0.25, -0.2) is 0 Å². The number of carbonyl (C=O) groups is 1. The van der Waals surface area contributed by atoms with Crippen molar-refractivity contribution in [2.24, 2.45) is 5.92 Å². The molecule has 144 valence electrons. The number of thiocarbonyl (C=S) groups is 1. The molecule has 2 N–H and O–H groups in total. The van der Waals surface area contributed by atoms with Crippen LogP contribution in [-0.2, 0) is 0 Å². The second kappa shape index (κ2) is 10.1. The average Bonchev–Trinajstić information content (AvgIpc) is 2.60. The number of halogens is 2. The molecule has 0 aliphatic carbocycles. The van der Waals surface area contributed by atoms with E-state index in [1.165, 1.54) is 0 Å². The van der Waals surface area contributed by atoms with Crippen LogP contribution in [-0.4, -0.2) is 17.6 Å². The number of rotatable bonds is 6. The summed E-state index contributed by atoms with van der Waals surface area (Å²) in [4.78, 5) is 12.4. The standard InChI is InChI=1S/C20H22BrClN2O2S/c1-12(2)9-10-26-18-8-7-14(11-15(18)21)19(25)24-20(27)23-17-6-4-5-16(22)13(17)3/h4-8,11-12H,9-10H2,1-3H3,(H2,23,24,25,27). The largest absolute Gasteiger partial charge is 0.492 e. The maximum atomic E-state index is 12.4. The monoisotopic (exact) mass is 468 g/mol. The number of benzene rings is 2. The molecule has 2 aromatic rings. The molecule has 0 atom stereocenters. The fourth-order valence-corrected chi connectivity index (χ4v) is 3.11. The van der Waals surface area contributed by atoms with Crippen LogP contribution in [0.5, 0.6) is 5.75 Å². The topological polar surface area (TPSA) is 50.4 Å². The molecular weight excluding hydrogens is 448 g/mol. The van der Waals surface area contributed by atoms with E-state index in [0.29, 0.717) is 28.9 Å². The first-order valence-electron chi connectivity index (χ1n) is 8.57. The Labute approximate surface area is 178 Å². The number of hydrogen-bond acceptors (Lipinski definition) is 3. The zero-order valence-electron chi connectivity index (χ0n) is 15.4. The minimum absolute atomic E-state index is 0.207. The van der Waals surface area contributed by atoms with Gasteiger partial charge < -0.3 is 10.1 Å². The van der Waals surface area contributed by atoms with Crippen LogP contribution >= 0.6 is 39.7 Å². The van der Waals surface area contributed by atoms with Gasteiger partial charge in [0.2, 0.25) is 0 Å². The van der Waals surface area contributed by atoms with E-state index in [1.54, 1.807) is 24.3 Å². The molecule has 7 heteroatoms. The van der Waals surface area contributed by atoms with Crippen molar-refractivity contribution in [2.45, 2.75) is 27.2 Å². The third-order valence-corrected chi connectivity index (χ3v) is 5.12. The maximum absolute atomic E-state index is 12.4. The fraction of sp³-hybridized carbons (Fsp3) is 0.300. The van der Waals surface area contributed by atoms with Crippen molar-refractivity contribution in [1.29, 1.82) is 0 Å². The number of amides is 1. The van der Waals surface area contributed by atoms with Crippen LogP contribution in [0.1, 0.15) is 36.2 Å². The van der Waals surface area contributed by atoms with Crippen LogP contribution in [0.4, 0.5) is 5.69 Å². The van der Waals surface area contributed by atoms with Gasteiger partial charge in [-0.1, -0.05) is 31.5 Å².